The van der Waals surface area contributed by atoms with Crippen molar-refractivity contribution in [2.45, 2.75) is 31.8 Å². The minimum atomic E-state index is -1.18. The van der Waals surface area contributed by atoms with E-state index in [0.717, 1.165) is 27.7 Å². The van der Waals surface area contributed by atoms with Crippen molar-refractivity contribution in [3.63, 3.8) is 0 Å². The number of methoxy groups -OCH3 is 1. The van der Waals surface area contributed by atoms with E-state index in [-0.39, 0.29) is 18.6 Å². The molecule has 4 aliphatic heterocycles. The van der Waals surface area contributed by atoms with Crippen LogP contribution in [-0.2, 0) is 16.0 Å². The molecule has 3 saturated heterocycles. The highest BCUT2D eigenvalue weighted by atomic mass is 16.6. The number of nitrogens with zero attached hydrogens (tertiary/aromatic N) is 1. The molecular weight excluding hydrogens is 344 g/mol. The summed E-state index contributed by atoms with van der Waals surface area (Å²) in [4.78, 5) is 16.5. The fourth-order valence-electron chi connectivity index (χ4n) is 6.18. The normalized spacial score (nSPS) is 38.2. The summed E-state index contributed by atoms with van der Waals surface area (Å²) in [6.45, 7) is 1.93. The number of quaternary nitrogens is 1. The van der Waals surface area contributed by atoms with Gasteiger partial charge in [0.25, 0.3) is 0 Å². The Kier molecular flexibility index (Phi) is 3.42. The monoisotopic (exact) mass is 368 g/mol. The first-order valence-electron chi connectivity index (χ1n) is 9.53. The smallest absolute Gasteiger partial charge is 0.320 e. The third kappa shape index (κ3) is 1.83. The number of hydroxylamine groups is 3. The van der Waals surface area contributed by atoms with E-state index in [1.165, 1.54) is 7.11 Å². The van der Waals surface area contributed by atoms with Crippen LogP contribution in [0.15, 0.2) is 35.9 Å². The molecule has 6 nitrogen and oxygen atoms in total. The number of nitrogens with one attached hydrogen (secondary N) is 1. The molecule has 6 heteroatoms. The first kappa shape index (κ1) is 17.0. The summed E-state index contributed by atoms with van der Waals surface area (Å²) in [6.07, 6.45) is 2.97. The molecule has 0 radical (unpaired) electrons. The largest absolute Gasteiger partial charge is 0.632 e. The van der Waals surface area contributed by atoms with E-state index in [1.807, 2.05) is 31.2 Å². The van der Waals surface area contributed by atoms with Gasteiger partial charge in [0.1, 0.15) is 24.0 Å². The molecule has 0 unspecified atom stereocenters. The second-order valence-corrected chi connectivity index (χ2v) is 8.15. The molecule has 2 aromatic rings. The predicted molar refractivity (Wildman–Crippen MR) is 100 cm³/mol. The van der Waals surface area contributed by atoms with Gasteiger partial charge in [-0.1, -0.05) is 24.3 Å². The number of benzene rings is 1. The van der Waals surface area contributed by atoms with Crippen molar-refractivity contribution in [1.29, 1.82) is 0 Å². The summed E-state index contributed by atoms with van der Waals surface area (Å²) >= 11 is 0. The SMILES string of the molecule is C/C=C1/C[N@@+]2([O-])[C@H]3C[C@@H]1[C@](CO)(C(=O)OC)[C@@H]2Cc1c3[nH]c2ccccc12. The number of aliphatic hydroxyl groups is 1. The lowest BCUT2D eigenvalue weighted by molar-refractivity contribution is -0.955. The highest BCUT2D eigenvalue weighted by Gasteiger charge is 2.70. The Morgan fingerprint density at radius 2 is 2.26 bits per heavy atom. The van der Waals surface area contributed by atoms with Crippen molar-refractivity contribution in [2.24, 2.45) is 11.3 Å². The molecule has 0 spiro atoms. The number of hydrogen-bond donors (Lipinski definition) is 2. The Hall–Kier alpha value is -2.15. The second-order valence-electron chi connectivity index (χ2n) is 8.15. The van der Waals surface area contributed by atoms with E-state index in [1.54, 1.807) is 0 Å². The zero-order chi connectivity index (χ0) is 19.0. The van der Waals surface area contributed by atoms with Gasteiger partial charge < -0.3 is 24.7 Å². The number of H-pyrrole nitrogens is 1. The fourth-order valence-corrected chi connectivity index (χ4v) is 6.18. The van der Waals surface area contributed by atoms with Crippen LogP contribution in [0, 0.1) is 16.5 Å². The number of allylic oxidation sites excluding steroid dienone is 1. The van der Waals surface area contributed by atoms with Crippen LogP contribution in [-0.4, -0.2) is 47.0 Å². The van der Waals surface area contributed by atoms with E-state index in [2.05, 4.69) is 11.1 Å². The number of aromatic amines is 1. The van der Waals surface area contributed by atoms with Gasteiger partial charge in [-0.3, -0.25) is 4.79 Å². The molecule has 1 aromatic heterocycles. The van der Waals surface area contributed by atoms with Crippen molar-refractivity contribution >= 4 is 16.9 Å². The number of esters is 1. The molecule has 2 N–H and O–H groups in total. The van der Waals surface area contributed by atoms with Gasteiger partial charge in [-0.2, -0.15) is 0 Å². The van der Waals surface area contributed by atoms with Crippen molar-refractivity contribution < 1.29 is 19.3 Å². The molecule has 4 aliphatic rings. The van der Waals surface area contributed by atoms with Crippen LogP contribution in [0.2, 0.25) is 0 Å². The van der Waals surface area contributed by atoms with E-state index in [4.69, 9.17) is 4.74 Å². The van der Waals surface area contributed by atoms with Gasteiger partial charge in [0, 0.05) is 29.7 Å². The van der Waals surface area contributed by atoms with Crippen molar-refractivity contribution in [2.75, 3.05) is 20.3 Å². The van der Waals surface area contributed by atoms with Crippen LogP contribution < -0.4 is 0 Å². The quantitative estimate of drug-likeness (QED) is 0.369. The molecule has 0 amide bonds. The highest BCUT2D eigenvalue weighted by molar-refractivity contribution is 5.86. The van der Waals surface area contributed by atoms with Gasteiger partial charge in [-0.15, -0.1) is 0 Å². The predicted octanol–water partition coefficient (Wildman–Crippen LogP) is 2.58. The average molecular weight is 368 g/mol. The number of aromatic nitrogens is 1. The summed E-state index contributed by atoms with van der Waals surface area (Å²) in [7, 11) is 1.35. The van der Waals surface area contributed by atoms with E-state index in [0.29, 0.717) is 19.4 Å². The molecule has 5 heterocycles. The lowest BCUT2D eigenvalue weighted by atomic mass is 9.54. The van der Waals surface area contributed by atoms with Crippen LogP contribution >= 0.6 is 0 Å². The minimum absolute atomic E-state index is 0.163. The maximum absolute atomic E-state index is 14.2. The number of carbonyl (C=O) groups is 1. The summed E-state index contributed by atoms with van der Waals surface area (Å²) in [5, 5.41) is 25.8. The van der Waals surface area contributed by atoms with Crippen LogP contribution in [0.3, 0.4) is 0 Å². The topological polar surface area (TPSA) is 85.4 Å². The van der Waals surface area contributed by atoms with Crippen LogP contribution in [0.4, 0.5) is 0 Å². The third-order valence-corrected chi connectivity index (χ3v) is 7.38. The molecule has 4 bridgehead atoms. The van der Waals surface area contributed by atoms with E-state index in [9.17, 15) is 15.1 Å². The van der Waals surface area contributed by atoms with Gasteiger partial charge in [0.15, 0.2) is 0 Å². The van der Waals surface area contributed by atoms with Crippen molar-refractivity contribution in [3.8, 4) is 0 Å². The first-order valence-corrected chi connectivity index (χ1v) is 9.53. The average Bonchev–Trinajstić information content (AvgIpc) is 3.05. The molecule has 0 aliphatic carbocycles. The number of carbonyl (C=O) groups excluding carboxylic acids is 1. The second kappa shape index (κ2) is 5.44. The molecule has 6 rings (SSSR count). The third-order valence-electron chi connectivity index (χ3n) is 7.38. The number of aliphatic hydroxyl groups excluding tert-OH is 1. The lowest BCUT2D eigenvalue weighted by Gasteiger charge is -2.69. The van der Waals surface area contributed by atoms with Gasteiger partial charge in [0.05, 0.1) is 19.4 Å². The number of fused-ring (bicyclic) bond motifs is 4. The van der Waals surface area contributed by atoms with Crippen molar-refractivity contribution in [1.82, 2.24) is 4.98 Å². The maximum atomic E-state index is 14.2. The van der Waals surface area contributed by atoms with Gasteiger partial charge in [-0.05, 0) is 24.1 Å². The Balaban J connectivity index is 1.78. The molecule has 27 heavy (non-hydrogen) atoms. The highest BCUT2D eigenvalue weighted by Crippen LogP contribution is 2.63. The molecule has 1 aromatic carbocycles. The van der Waals surface area contributed by atoms with Gasteiger partial charge >= 0.3 is 5.97 Å². The number of rotatable bonds is 2. The number of ether oxygens (including phenoxy) is 1. The van der Waals surface area contributed by atoms with Gasteiger partial charge in [-0.25, -0.2) is 0 Å². The summed E-state index contributed by atoms with van der Waals surface area (Å²) < 4.78 is 4.66. The first-order chi connectivity index (χ1) is 13.0. The zero-order valence-corrected chi connectivity index (χ0v) is 15.6. The number of piperidine rings is 3. The Morgan fingerprint density at radius 3 is 2.96 bits per heavy atom. The number of hydrogen-bond acceptors (Lipinski definition) is 4. The van der Waals surface area contributed by atoms with E-state index < -0.39 is 22.1 Å². The summed E-state index contributed by atoms with van der Waals surface area (Å²) in [5.74, 6) is -0.623. The molecular formula is C21H24N2O4. The molecule has 0 saturated carbocycles. The molecule has 5 atom stereocenters. The van der Waals surface area contributed by atoms with Crippen LogP contribution in [0.25, 0.3) is 10.9 Å². The Bertz CT molecular complexity index is 980. The minimum Gasteiger partial charge on any atom is -0.632 e. The number of para-hydroxylation sites is 1. The Labute approximate surface area is 157 Å². The van der Waals surface area contributed by atoms with Crippen LogP contribution in [0.5, 0.6) is 0 Å². The summed E-state index contributed by atoms with van der Waals surface area (Å²) in [5.41, 5.74) is 2.95. The maximum Gasteiger partial charge on any atom is 0.320 e. The zero-order valence-electron chi connectivity index (χ0n) is 15.6. The lowest BCUT2D eigenvalue weighted by Crippen LogP contribution is -2.76. The van der Waals surface area contributed by atoms with E-state index >= 15 is 0 Å². The van der Waals surface area contributed by atoms with Crippen molar-refractivity contribution in [3.05, 3.63) is 52.4 Å². The Morgan fingerprint density at radius 1 is 1.48 bits per heavy atom. The molecule has 142 valence electrons. The van der Waals surface area contributed by atoms with Crippen LogP contribution in [0.1, 0.15) is 30.6 Å². The standard InChI is InChI=1S/C21H24N2O4/c1-3-12-10-23(26)17-9-15(12)21(11-24,20(25)27-2)18(23)8-14-13-6-4-5-7-16(13)22-19(14)17/h3-7,15,17-18,22,24H,8-11H2,1-2H3/b12-3-/t15-,17-,18-,21-,23+/m0/s1. The van der Waals surface area contributed by atoms with Gasteiger partial charge in [0.2, 0.25) is 0 Å². The molecule has 3 fully saturated rings. The summed E-state index contributed by atoms with van der Waals surface area (Å²) in [6, 6.07) is 7.29. The fraction of sp³-hybridized carbons (Fsp3) is 0.476.